The molecule has 84 valence electrons. The van der Waals surface area contributed by atoms with Crippen LogP contribution >= 0.6 is 0 Å². The smallest absolute Gasteiger partial charge is 0.383 e. The summed E-state index contributed by atoms with van der Waals surface area (Å²) in [5.74, 6) is 0.603. The molecule has 0 unspecified atom stereocenters. The highest BCUT2D eigenvalue weighted by Crippen LogP contribution is 2.20. The molecular weight excluding hydrogens is 209 g/mol. The van der Waals surface area contributed by atoms with E-state index < -0.39 is 12.6 Å². The molecule has 0 atom stereocenters. The molecule has 3 N–H and O–H groups in total. The van der Waals surface area contributed by atoms with Gasteiger partial charge in [-0.25, -0.2) is 9.97 Å². The van der Waals surface area contributed by atoms with Crippen LogP contribution < -0.4 is 11.1 Å². The fourth-order valence-electron chi connectivity index (χ4n) is 0.965. The Balaban J connectivity index is 2.55. The second-order valence-corrected chi connectivity index (χ2v) is 3.02. The minimum absolute atomic E-state index is 0.221. The van der Waals surface area contributed by atoms with E-state index in [0.29, 0.717) is 11.4 Å². The Bertz CT molecular complexity index is 337. The van der Waals surface area contributed by atoms with Crippen molar-refractivity contribution >= 4 is 11.6 Å². The fourth-order valence-corrected chi connectivity index (χ4v) is 0.965. The van der Waals surface area contributed by atoms with E-state index in [4.69, 9.17) is 5.73 Å². The maximum absolute atomic E-state index is 11.8. The number of nitrogens with one attached hydrogen (secondary N) is 1. The van der Waals surface area contributed by atoms with E-state index in [1.807, 2.05) is 0 Å². The van der Waals surface area contributed by atoms with Gasteiger partial charge in [0.15, 0.2) is 0 Å². The average molecular weight is 220 g/mol. The summed E-state index contributed by atoms with van der Waals surface area (Å²) in [6.07, 6.45) is -3.87. The van der Waals surface area contributed by atoms with Crippen molar-refractivity contribution in [3.05, 3.63) is 11.9 Å². The Morgan fingerprint density at radius 3 is 2.67 bits per heavy atom. The zero-order valence-corrected chi connectivity index (χ0v) is 8.10. The van der Waals surface area contributed by atoms with E-state index in [1.165, 1.54) is 6.33 Å². The first-order chi connectivity index (χ1) is 6.90. The lowest BCUT2D eigenvalue weighted by atomic mass is 10.3. The van der Waals surface area contributed by atoms with Crippen molar-refractivity contribution in [3.8, 4) is 0 Å². The third kappa shape index (κ3) is 3.61. The third-order valence-corrected chi connectivity index (χ3v) is 1.82. The van der Waals surface area contributed by atoms with Crippen molar-refractivity contribution in [2.24, 2.45) is 0 Å². The fraction of sp³-hybridized carbons (Fsp3) is 0.500. The Morgan fingerprint density at radius 1 is 1.40 bits per heavy atom. The van der Waals surface area contributed by atoms with Crippen LogP contribution in [-0.2, 0) is 0 Å². The van der Waals surface area contributed by atoms with Crippen LogP contribution in [-0.4, -0.2) is 22.7 Å². The Kier molecular flexibility index (Phi) is 3.33. The Morgan fingerprint density at radius 2 is 2.07 bits per heavy atom. The van der Waals surface area contributed by atoms with E-state index >= 15 is 0 Å². The molecule has 7 heteroatoms. The highest BCUT2D eigenvalue weighted by Gasteiger charge is 2.26. The van der Waals surface area contributed by atoms with Gasteiger partial charge >= 0.3 is 6.18 Å². The normalized spacial score (nSPS) is 11.5. The van der Waals surface area contributed by atoms with Crippen LogP contribution in [0.5, 0.6) is 0 Å². The number of nitrogens with two attached hydrogens (primary N) is 1. The van der Waals surface area contributed by atoms with Gasteiger partial charge in [0.05, 0.1) is 6.42 Å². The number of hydrogen-bond donors (Lipinski definition) is 2. The predicted molar refractivity (Wildman–Crippen MR) is 50.3 cm³/mol. The van der Waals surface area contributed by atoms with Gasteiger partial charge in [0.1, 0.15) is 18.0 Å². The summed E-state index contributed by atoms with van der Waals surface area (Å²) in [4.78, 5) is 7.49. The van der Waals surface area contributed by atoms with Crippen LogP contribution in [0.4, 0.5) is 24.8 Å². The number of alkyl halides is 3. The second kappa shape index (κ2) is 4.33. The molecule has 0 aliphatic carbocycles. The molecule has 0 fully saturated rings. The average Bonchev–Trinajstić information content (AvgIpc) is 2.10. The van der Waals surface area contributed by atoms with Gasteiger partial charge in [0, 0.05) is 12.1 Å². The summed E-state index contributed by atoms with van der Waals surface area (Å²) in [6.45, 7) is 1.42. The van der Waals surface area contributed by atoms with E-state index in [9.17, 15) is 13.2 Å². The molecule has 0 saturated carbocycles. The zero-order valence-electron chi connectivity index (χ0n) is 8.10. The quantitative estimate of drug-likeness (QED) is 0.814. The van der Waals surface area contributed by atoms with Gasteiger partial charge < -0.3 is 11.1 Å². The highest BCUT2D eigenvalue weighted by atomic mass is 19.4. The van der Waals surface area contributed by atoms with Gasteiger partial charge in [-0.2, -0.15) is 13.2 Å². The number of anilines is 2. The molecule has 0 spiro atoms. The molecule has 0 saturated heterocycles. The van der Waals surface area contributed by atoms with Crippen LogP contribution in [0.15, 0.2) is 6.33 Å². The van der Waals surface area contributed by atoms with Gasteiger partial charge in [-0.1, -0.05) is 0 Å². The molecule has 4 nitrogen and oxygen atoms in total. The second-order valence-electron chi connectivity index (χ2n) is 3.02. The van der Waals surface area contributed by atoms with Crippen LogP contribution in [0.3, 0.4) is 0 Å². The number of nitrogens with zero attached hydrogens (tertiary/aromatic N) is 2. The van der Waals surface area contributed by atoms with Crippen LogP contribution in [0.25, 0.3) is 0 Å². The van der Waals surface area contributed by atoms with Crippen molar-refractivity contribution in [1.82, 2.24) is 9.97 Å². The molecule has 0 bridgehead atoms. The van der Waals surface area contributed by atoms with Crippen molar-refractivity contribution < 1.29 is 13.2 Å². The summed E-state index contributed by atoms with van der Waals surface area (Å²) < 4.78 is 35.5. The molecule has 0 aromatic carbocycles. The molecule has 0 aliphatic rings. The minimum atomic E-state index is -4.17. The number of halogens is 3. The zero-order chi connectivity index (χ0) is 11.5. The van der Waals surface area contributed by atoms with Gasteiger partial charge in [0.2, 0.25) is 0 Å². The predicted octanol–water partition coefficient (Wildman–Crippen LogP) is 1.73. The van der Waals surface area contributed by atoms with Gasteiger partial charge in [-0.3, -0.25) is 0 Å². The van der Waals surface area contributed by atoms with Crippen LogP contribution in [0.1, 0.15) is 12.0 Å². The van der Waals surface area contributed by atoms with E-state index in [1.54, 1.807) is 6.92 Å². The van der Waals surface area contributed by atoms with Gasteiger partial charge in [0.25, 0.3) is 0 Å². The summed E-state index contributed by atoms with van der Waals surface area (Å²) in [6, 6.07) is 0. The number of aromatic nitrogens is 2. The lowest BCUT2D eigenvalue weighted by Gasteiger charge is -2.10. The summed E-state index contributed by atoms with van der Waals surface area (Å²) in [5.41, 5.74) is 6.02. The molecule has 15 heavy (non-hydrogen) atoms. The van der Waals surface area contributed by atoms with E-state index in [2.05, 4.69) is 15.3 Å². The Labute approximate surface area is 84.7 Å². The highest BCUT2D eigenvalue weighted by molar-refractivity contribution is 5.53. The summed E-state index contributed by atoms with van der Waals surface area (Å²) >= 11 is 0. The van der Waals surface area contributed by atoms with Crippen LogP contribution in [0.2, 0.25) is 0 Å². The number of rotatable bonds is 3. The van der Waals surface area contributed by atoms with Crippen molar-refractivity contribution in [2.45, 2.75) is 19.5 Å². The lowest BCUT2D eigenvalue weighted by Crippen LogP contribution is -2.16. The monoisotopic (exact) mass is 220 g/mol. The molecular formula is C8H11F3N4. The van der Waals surface area contributed by atoms with Crippen molar-refractivity contribution in [1.29, 1.82) is 0 Å². The van der Waals surface area contributed by atoms with E-state index in [-0.39, 0.29) is 12.4 Å². The molecule has 0 radical (unpaired) electrons. The largest absolute Gasteiger partial charge is 0.390 e. The first-order valence-corrected chi connectivity index (χ1v) is 4.28. The van der Waals surface area contributed by atoms with Gasteiger partial charge in [-0.05, 0) is 6.92 Å². The lowest BCUT2D eigenvalue weighted by molar-refractivity contribution is -0.131. The SMILES string of the molecule is Cc1c(N)ncnc1NCCC(F)(F)F. The maximum atomic E-state index is 11.8. The molecule has 1 aromatic heterocycles. The van der Waals surface area contributed by atoms with E-state index in [0.717, 1.165) is 0 Å². The van der Waals surface area contributed by atoms with Gasteiger partial charge in [-0.15, -0.1) is 0 Å². The first-order valence-electron chi connectivity index (χ1n) is 4.28. The third-order valence-electron chi connectivity index (χ3n) is 1.82. The standard InChI is InChI=1S/C8H11F3N4/c1-5-6(12)14-4-15-7(5)13-3-2-8(9,10)11/h4H,2-3H2,1H3,(H3,12,13,14,15). The molecule has 0 amide bonds. The minimum Gasteiger partial charge on any atom is -0.383 e. The maximum Gasteiger partial charge on any atom is 0.390 e. The number of nitrogen functional groups attached to an aromatic ring is 1. The Hall–Kier alpha value is -1.53. The molecule has 0 aliphatic heterocycles. The first kappa shape index (κ1) is 11.5. The molecule has 1 aromatic rings. The topological polar surface area (TPSA) is 63.8 Å². The molecule has 1 rings (SSSR count). The van der Waals surface area contributed by atoms with Crippen molar-refractivity contribution in [2.75, 3.05) is 17.6 Å². The van der Waals surface area contributed by atoms with Crippen molar-refractivity contribution in [3.63, 3.8) is 0 Å². The van der Waals surface area contributed by atoms with Crippen LogP contribution in [0, 0.1) is 6.92 Å². The summed E-state index contributed by atoms with van der Waals surface area (Å²) in [5, 5.41) is 2.56. The summed E-state index contributed by atoms with van der Waals surface area (Å²) in [7, 11) is 0. The number of hydrogen-bond acceptors (Lipinski definition) is 4. The molecule has 1 heterocycles.